The van der Waals surface area contributed by atoms with E-state index in [4.69, 9.17) is 13.8 Å². The highest BCUT2D eigenvalue weighted by Gasteiger charge is 2.34. The first-order chi connectivity index (χ1) is 18.4. The van der Waals surface area contributed by atoms with E-state index in [-0.39, 0.29) is 50.6 Å². The van der Waals surface area contributed by atoms with Crippen molar-refractivity contribution in [3.63, 3.8) is 0 Å². The van der Waals surface area contributed by atoms with Crippen LogP contribution in [0.5, 0.6) is 0 Å². The van der Waals surface area contributed by atoms with Gasteiger partial charge < -0.3 is 24.0 Å². The molecule has 0 saturated heterocycles. The van der Waals surface area contributed by atoms with E-state index >= 15 is 0 Å². The molecule has 0 aliphatic rings. The highest BCUT2D eigenvalue weighted by atomic mass is 31.2. The standard InChI is InChI=1S/C27H36F3N2O6P/c1-5-37-39(35,38-6-2)19-32(17-20(3)4)26(34)31-24(25(33)36-18-21-11-8-7-9-12-21)16-22-13-10-14-23(15-22)27(28,29)30/h7-15,20,24H,5-6,16-19H2,1-4H3,(H,31,34)/t24-/m0/s1. The fourth-order valence-corrected chi connectivity index (χ4v) is 5.43. The zero-order valence-corrected chi connectivity index (χ0v) is 23.5. The van der Waals surface area contributed by atoms with Gasteiger partial charge in [-0.1, -0.05) is 62.4 Å². The van der Waals surface area contributed by atoms with Crippen molar-refractivity contribution in [2.45, 2.75) is 52.9 Å². The van der Waals surface area contributed by atoms with Gasteiger partial charge in [-0.3, -0.25) is 4.57 Å². The topological polar surface area (TPSA) is 94.2 Å². The van der Waals surface area contributed by atoms with E-state index in [0.29, 0.717) is 5.56 Å². The lowest BCUT2D eigenvalue weighted by atomic mass is 10.0. The Morgan fingerprint density at radius 1 is 0.974 bits per heavy atom. The molecule has 0 radical (unpaired) electrons. The molecule has 12 heteroatoms. The van der Waals surface area contributed by atoms with Gasteiger partial charge in [-0.05, 0) is 37.0 Å². The number of hydrogen-bond acceptors (Lipinski definition) is 6. The molecule has 0 unspecified atom stereocenters. The van der Waals surface area contributed by atoms with Crippen LogP contribution in [-0.4, -0.2) is 49.0 Å². The summed E-state index contributed by atoms with van der Waals surface area (Å²) >= 11 is 0. The smallest absolute Gasteiger partial charge is 0.416 e. The lowest BCUT2D eigenvalue weighted by Crippen LogP contribution is -2.50. The highest BCUT2D eigenvalue weighted by molar-refractivity contribution is 7.53. The van der Waals surface area contributed by atoms with Crippen molar-refractivity contribution in [1.82, 2.24) is 10.2 Å². The summed E-state index contributed by atoms with van der Waals surface area (Å²) in [5.74, 6) is -0.869. The predicted octanol–water partition coefficient (Wildman–Crippen LogP) is 6.25. The second-order valence-corrected chi connectivity index (χ2v) is 11.2. The molecule has 0 spiro atoms. The molecule has 216 valence electrons. The fourth-order valence-electron chi connectivity index (χ4n) is 3.74. The maximum Gasteiger partial charge on any atom is 0.416 e. The molecule has 2 rings (SSSR count). The third-order valence-corrected chi connectivity index (χ3v) is 7.36. The number of carbonyl (C=O) groups is 2. The molecule has 0 aromatic heterocycles. The Hall–Kier alpha value is -2.88. The van der Waals surface area contributed by atoms with Crippen LogP contribution in [0.4, 0.5) is 18.0 Å². The molecule has 2 aromatic carbocycles. The lowest BCUT2D eigenvalue weighted by molar-refractivity contribution is -0.147. The van der Waals surface area contributed by atoms with Crippen LogP contribution in [0.2, 0.25) is 0 Å². The SMILES string of the molecule is CCOP(=O)(CN(CC(C)C)C(=O)N[C@@H](Cc1cccc(C(F)(F)F)c1)C(=O)OCc1ccccc1)OCC. The van der Waals surface area contributed by atoms with Crippen LogP contribution in [0.25, 0.3) is 0 Å². The van der Waals surface area contributed by atoms with Crippen molar-refractivity contribution in [2.24, 2.45) is 5.92 Å². The highest BCUT2D eigenvalue weighted by Crippen LogP contribution is 2.48. The summed E-state index contributed by atoms with van der Waals surface area (Å²) in [5.41, 5.74) is 0.000767. The van der Waals surface area contributed by atoms with Gasteiger partial charge in [0.1, 0.15) is 18.9 Å². The van der Waals surface area contributed by atoms with Crippen molar-refractivity contribution >= 4 is 19.6 Å². The van der Waals surface area contributed by atoms with Crippen LogP contribution in [0.3, 0.4) is 0 Å². The predicted molar refractivity (Wildman–Crippen MR) is 141 cm³/mol. The fraction of sp³-hybridized carbons (Fsp3) is 0.481. The Labute approximate surface area is 227 Å². The summed E-state index contributed by atoms with van der Waals surface area (Å²) in [6, 6.07) is 11.3. The van der Waals surface area contributed by atoms with Crippen molar-refractivity contribution in [1.29, 1.82) is 0 Å². The Bertz CT molecular complexity index is 1100. The molecule has 0 heterocycles. The van der Waals surface area contributed by atoms with Crippen molar-refractivity contribution in [3.05, 3.63) is 71.3 Å². The number of nitrogens with zero attached hydrogens (tertiary/aromatic N) is 1. The minimum absolute atomic E-state index is 0.0422. The first kappa shape index (κ1) is 32.3. The quantitative estimate of drug-likeness (QED) is 0.212. The number of halogens is 3. The molecular formula is C27H36F3N2O6P. The van der Waals surface area contributed by atoms with Crippen LogP contribution in [-0.2, 0) is 42.3 Å². The Morgan fingerprint density at radius 3 is 2.15 bits per heavy atom. The Kier molecular flexibility index (Phi) is 12.5. The molecule has 1 N–H and O–H groups in total. The monoisotopic (exact) mass is 572 g/mol. The number of benzene rings is 2. The molecule has 2 amide bonds. The normalized spacial score (nSPS) is 12.7. The average Bonchev–Trinajstić information content (AvgIpc) is 2.86. The summed E-state index contributed by atoms with van der Waals surface area (Å²) < 4.78 is 69.0. The van der Waals surface area contributed by atoms with E-state index in [2.05, 4.69) is 5.32 Å². The number of ether oxygens (including phenoxy) is 1. The minimum atomic E-state index is -4.57. The van der Waals surface area contributed by atoms with Gasteiger partial charge in [0.2, 0.25) is 0 Å². The number of hydrogen-bond donors (Lipinski definition) is 1. The zero-order valence-electron chi connectivity index (χ0n) is 22.6. The molecule has 1 atom stereocenters. The maximum absolute atomic E-state index is 13.4. The number of rotatable bonds is 14. The first-order valence-electron chi connectivity index (χ1n) is 12.7. The van der Waals surface area contributed by atoms with Crippen LogP contribution in [0.1, 0.15) is 44.4 Å². The summed E-state index contributed by atoms with van der Waals surface area (Å²) in [7, 11) is -3.67. The first-order valence-corrected chi connectivity index (χ1v) is 14.4. The van der Waals surface area contributed by atoms with Crippen molar-refractivity contribution < 1.29 is 41.1 Å². The molecule has 0 fully saturated rings. The van der Waals surface area contributed by atoms with Gasteiger partial charge in [0, 0.05) is 13.0 Å². The average molecular weight is 573 g/mol. The van der Waals surface area contributed by atoms with Crippen molar-refractivity contribution in [3.8, 4) is 0 Å². The van der Waals surface area contributed by atoms with Gasteiger partial charge in [0.15, 0.2) is 0 Å². The van der Waals surface area contributed by atoms with E-state index in [0.717, 1.165) is 12.1 Å². The summed E-state index contributed by atoms with van der Waals surface area (Å²) in [4.78, 5) is 27.7. The van der Waals surface area contributed by atoms with E-state index in [9.17, 15) is 27.3 Å². The number of nitrogens with one attached hydrogen (secondary N) is 1. The van der Waals surface area contributed by atoms with Gasteiger partial charge in [-0.15, -0.1) is 0 Å². The molecule has 0 bridgehead atoms. The molecule has 39 heavy (non-hydrogen) atoms. The Balaban J connectivity index is 2.31. The van der Waals surface area contributed by atoms with E-state index in [1.807, 2.05) is 13.8 Å². The second-order valence-electron chi connectivity index (χ2n) is 9.20. The number of alkyl halides is 3. The molecule has 8 nitrogen and oxygen atoms in total. The van der Waals surface area contributed by atoms with Crippen LogP contribution >= 0.6 is 7.60 Å². The molecule has 2 aromatic rings. The maximum atomic E-state index is 13.4. The zero-order chi connectivity index (χ0) is 29.1. The Morgan fingerprint density at radius 2 is 1.59 bits per heavy atom. The summed E-state index contributed by atoms with van der Waals surface area (Å²) in [6.45, 7) is 7.25. The lowest BCUT2D eigenvalue weighted by Gasteiger charge is -2.30. The number of amides is 2. The number of carbonyl (C=O) groups excluding carboxylic acids is 2. The van der Waals surface area contributed by atoms with Crippen LogP contribution in [0.15, 0.2) is 54.6 Å². The second kappa shape index (κ2) is 15.1. The minimum Gasteiger partial charge on any atom is -0.459 e. The van der Waals surface area contributed by atoms with Gasteiger partial charge in [0.05, 0.1) is 18.8 Å². The third-order valence-electron chi connectivity index (χ3n) is 5.37. The largest absolute Gasteiger partial charge is 0.459 e. The van der Waals surface area contributed by atoms with Gasteiger partial charge in [-0.25, -0.2) is 9.59 Å². The summed E-state index contributed by atoms with van der Waals surface area (Å²) in [5, 5.41) is 2.57. The van der Waals surface area contributed by atoms with Crippen molar-refractivity contribution in [2.75, 3.05) is 26.0 Å². The van der Waals surface area contributed by atoms with Crippen LogP contribution in [0, 0.1) is 5.92 Å². The molecule has 0 aliphatic carbocycles. The third kappa shape index (κ3) is 11.0. The van der Waals surface area contributed by atoms with E-state index in [1.165, 1.54) is 17.0 Å². The molecular weight excluding hydrogens is 536 g/mol. The molecule has 0 saturated carbocycles. The van der Waals surface area contributed by atoms with Gasteiger partial charge in [0.25, 0.3) is 0 Å². The van der Waals surface area contributed by atoms with E-state index in [1.54, 1.807) is 44.2 Å². The van der Waals surface area contributed by atoms with Crippen LogP contribution < -0.4 is 5.32 Å². The van der Waals surface area contributed by atoms with E-state index < -0.39 is 37.4 Å². The van der Waals surface area contributed by atoms with Gasteiger partial charge in [-0.2, -0.15) is 13.2 Å². The number of urea groups is 1. The summed E-state index contributed by atoms with van der Waals surface area (Å²) in [6.07, 6.45) is -5.20. The molecule has 0 aliphatic heterocycles. The number of esters is 1. The van der Waals surface area contributed by atoms with Gasteiger partial charge >= 0.3 is 25.8 Å².